The maximum absolute atomic E-state index is 13.3. The molecule has 2 N–H and O–H groups in total. The zero-order valence-corrected chi connectivity index (χ0v) is 16.8. The van der Waals surface area contributed by atoms with Crippen molar-refractivity contribution in [2.45, 2.75) is 26.3 Å². The number of hydrogen-bond donors (Lipinski definition) is 2. The van der Waals surface area contributed by atoms with Crippen LogP contribution in [-0.2, 0) is 13.6 Å². The van der Waals surface area contributed by atoms with Gasteiger partial charge in [-0.25, -0.2) is 13.8 Å². The van der Waals surface area contributed by atoms with E-state index in [4.69, 9.17) is 0 Å². The summed E-state index contributed by atoms with van der Waals surface area (Å²) < 4.78 is 28.1. The molecule has 2 aromatic rings. The second-order valence-corrected chi connectivity index (χ2v) is 5.51. The fourth-order valence-corrected chi connectivity index (χ4v) is 2.13. The van der Waals surface area contributed by atoms with Gasteiger partial charge in [0.2, 0.25) is 0 Å². The second kappa shape index (κ2) is 10.3. The Hall–Kier alpha value is -1.78. The first kappa shape index (κ1) is 21.3. The lowest BCUT2D eigenvalue weighted by molar-refractivity contribution is 0.505. The summed E-state index contributed by atoms with van der Waals surface area (Å²) in [6, 6.07) is 3.97. The summed E-state index contributed by atoms with van der Waals surface area (Å²) >= 11 is 0. The summed E-state index contributed by atoms with van der Waals surface area (Å²) in [6.45, 7) is 5.55. The van der Waals surface area contributed by atoms with E-state index >= 15 is 0 Å². The number of benzene rings is 1. The van der Waals surface area contributed by atoms with Gasteiger partial charge in [0.25, 0.3) is 0 Å². The Kier molecular flexibility index (Phi) is 8.73. The molecule has 138 valence electrons. The molecule has 0 aliphatic heterocycles. The van der Waals surface area contributed by atoms with Gasteiger partial charge in [0, 0.05) is 20.1 Å². The number of nitrogens with one attached hydrogen (secondary N) is 2. The molecule has 1 unspecified atom stereocenters. The highest BCUT2D eigenvalue weighted by Crippen LogP contribution is 2.17. The largest absolute Gasteiger partial charge is 0.357 e. The SMILES string of the molecule is CCNC(=NCc1nncn1C)NCC(C)c1ccc(F)c(F)c1.I. The molecule has 1 aromatic heterocycles. The van der Waals surface area contributed by atoms with Gasteiger partial charge in [0.1, 0.15) is 12.9 Å². The molecule has 0 saturated heterocycles. The summed E-state index contributed by atoms with van der Waals surface area (Å²) in [4.78, 5) is 4.45. The smallest absolute Gasteiger partial charge is 0.191 e. The van der Waals surface area contributed by atoms with E-state index in [0.29, 0.717) is 25.6 Å². The van der Waals surface area contributed by atoms with E-state index in [2.05, 4.69) is 25.8 Å². The molecule has 0 radical (unpaired) electrons. The summed E-state index contributed by atoms with van der Waals surface area (Å²) in [5.41, 5.74) is 0.727. The molecule has 0 fully saturated rings. The lowest BCUT2D eigenvalue weighted by atomic mass is 10.0. The lowest BCUT2D eigenvalue weighted by Gasteiger charge is -2.16. The van der Waals surface area contributed by atoms with Crippen LogP contribution in [0.1, 0.15) is 31.2 Å². The van der Waals surface area contributed by atoms with E-state index in [0.717, 1.165) is 17.5 Å². The van der Waals surface area contributed by atoms with Crippen LogP contribution in [-0.4, -0.2) is 33.8 Å². The summed E-state index contributed by atoms with van der Waals surface area (Å²) in [7, 11) is 1.86. The molecule has 0 amide bonds. The summed E-state index contributed by atoms with van der Waals surface area (Å²) in [5, 5.41) is 14.1. The number of rotatable bonds is 6. The zero-order chi connectivity index (χ0) is 17.5. The predicted octanol–water partition coefficient (Wildman–Crippen LogP) is 2.57. The van der Waals surface area contributed by atoms with E-state index in [-0.39, 0.29) is 29.9 Å². The van der Waals surface area contributed by atoms with Crippen LogP contribution in [0.2, 0.25) is 0 Å². The van der Waals surface area contributed by atoms with Gasteiger partial charge in [-0.2, -0.15) is 0 Å². The molecule has 6 nitrogen and oxygen atoms in total. The van der Waals surface area contributed by atoms with Crippen molar-refractivity contribution in [3.63, 3.8) is 0 Å². The number of guanidine groups is 1. The topological polar surface area (TPSA) is 67.1 Å². The van der Waals surface area contributed by atoms with Crippen molar-refractivity contribution in [2.75, 3.05) is 13.1 Å². The van der Waals surface area contributed by atoms with Gasteiger partial charge in [-0.1, -0.05) is 13.0 Å². The fourth-order valence-electron chi connectivity index (χ4n) is 2.13. The number of hydrogen-bond acceptors (Lipinski definition) is 3. The number of aliphatic imine (C=N–C) groups is 1. The molecule has 0 spiro atoms. The van der Waals surface area contributed by atoms with Gasteiger partial charge in [0.05, 0.1) is 0 Å². The molecular weight excluding hydrogens is 441 g/mol. The Balaban J connectivity index is 0.00000312. The third-order valence-electron chi connectivity index (χ3n) is 3.62. The van der Waals surface area contributed by atoms with Crippen LogP contribution in [0, 0.1) is 11.6 Å². The molecule has 1 heterocycles. The van der Waals surface area contributed by atoms with Gasteiger partial charge in [-0.05, 0) is 30.5 Å². The van der Waals surface area contributed by atoms with Gasteiger partial charge >= 0.3 is 0 Å². The van der Waals surface area contributed by atoms with Gasteiger partial charge in [-0.15, -0.1) is 34.2 Å². The van der Waals surface area contributed by atoms with Gasteiger partial charge < -0.3 is 15.2 Å². The third-order valence-corrected chi connectivity index (χ3v) is 3.62. The normalized spacial score (nSPS) is 12.4. The second-order valence-electron chi connectivity index (χ2n) is 5.51. The Morgan fingerprint density at radius 3 is 2.64 bits per heavy atom. The van der Waals surface area contributed by atoms with Crippen LogP contribution < -0.4 is 10.6 Å². The van der Waals surface area contributed by atoms with Crippen LogP contribution in [0.5, 0.6) is 0 Å². The van der Waals surface area contributed by atoms with Crippen molar-refractivity contribution in [3.8, 4) is 0 Å². The molecule has 1 atom stereocenters. The van der Waals surface area contributed by atoms with E-state index in [1.54, 1.807) is 17.0 Å². The number of aryl methyl sites for hydroxylation is 1. The average Bonchev–Trinajstić information content (AvgIpc) is 2.97. The van der Waals surface area contributed by atoms with Crippen molar-refractivity contribution in [3.05, 3.63) is 47.5 Å². The van der Waals surface area contributed by atoms with E-state index in [1.807, 2.05) is 20.9 Å². The standard InChI is InChI=1S/C16H22F2N6.HI/c1-4-19-16(21-9-15-23-22-10-24(15)3)20-8-11(2)12-5-6-13(17)14(18)7-12;/h5-7,10-11H,4,8-9H2,1-3H3,(H2,19,20,21);1H. The highest BCUT2D eigenvalue weighted by Gasteiger charge is 2.10. The maximum Gasteiger partial charge on any atom is 0.191 e. The van der Waals surface area contributed by atoms with Crippen molar-refractivity contribution in [1.82, 2.24) is 25.4 Å². The fraction of sp³-hybridized carbons (Fsp3) is 0.438. The average molecular weight is 464 g/mol. The molecule has 9 heteroatoms. The van der Waals surface area contributed by atoms with Crippen LogP contribution in [0.4, 0.5) is 8.78 Å². The molecular formula is C16H23F2IN6. The van der Waals surface area contributed by atoms with Gasteiger partial charge in [0.15, 0.2) is 23.4 Å². The highest BCUT2D eigenvalue weighted by molar-refractivity contribution is 14.0. The quantitative estimate of drug-likeness (QED) is 0.392. The van der Waals surface area contributed by atoms with E-state index in [1.165, 1.54) is 6.07 Å². The number of nitrogens with zero attached hydrogens (tertiary/aromatic N) is 4. The molecule has 0 bridgehead atoms. The minimum atomic E-state index is -0.836. The van der Waals surface area contributed by atoms with E-state index < -0.39 is 11.6 Å². The number of halogens is 3. The molecule has 0 aliphatic rings. The summed E-state index contributed by atoms with van der Waals surface area (Å²) in [5.74, 6) is -0.283. The van der Waals surface area contributed by atoms with Crippen molar-refractivity contribution < 1.29 is 8.78 Å². The first-order chi connectivity index (χ1) is 11.5. The Morgan fingerprint density at radius 1 is 1.28 bits per heavy atom. The predicted molar refractivity (Wildman–Crippen MR) is 104 cm³/mol. The molecule has 0 aliphatic carbocycles. The molecule has 0 saturated carbocycles. The van der Waals surface area contributed by atoms with Crippen molar-refractivity contribution >= 4 is 29.9 Å². The Morgan fingerprint density at radius 2 is 2.04 bits per heavy atom. The first-order valence-electron chi connectivity index (χ1n) is 7.81. The van der Waals surface area contributed by atoms with E-state index in [9.17, 15) is 8.78 Å². The Bertz CT molecular complexity index is 704. The minimum Gasteiger partial charge on any atom is -0.357 e. The molecule has 2 rings (SSSR count). The monoisotopic (exact) mass is 464 g/mol. The first-order valence-corrected chi connectivity index (χ1v) is 7.81. The van der Waals surface area contributed by atoms with Crippen molar-refractivity contribution in [1.29, 1.82) is 0 Å². The van der Waals surface area contributed by atoms with Crippen LogP contribution in [0.3, 0.4) is 0 Å². The number of aromatic nitrogens is 3. The highest BCUT2D eigenvalue weighted by atomic mass is 127. The molecule has 1 aromatic carbocycles. The van der Waals surface area contributed by atoms with Crippen molar-refractivity contribution in [2.24, 2.45) is 12.0 Å². The minimum absolute atomic E-state index is 0. The summed E-state index contributed by atoms with van der Waals surface area (Å²) in [6.07, 6.45) is 1.62. The lowest BCUT2D eigenvalue weighted by Crippen LogP contribution is -2.39. The van der Waals surface area contributed by atoms with Gasteiger partial charge in [-0.3, -0.25) is 0 Å². The van der Waals surface area contributed by atoms with Crippen LogP contribution in [0.15, 0.2) is 29.5 Å². The third kappa shape index (κ3) is 6.22. The zero-order valence-electron chi connectivity index (χ0n) is 14.5. The van der Waals surface area contributed by atoms with Crippen LogP contribution >= 0.6 is 24.0 Å². The maximum atomic E-state index is 13.3. The van der Waals surface area contributed by atoms with Crippen LogP contribution in [0.25, 0.3) is 0 Å². The molecule has 25 heavy (non-hydrogen) atoms. The Labute approximate surface area is 163 Å².